The van der Waals surface area contributed by atoms with Gasteiger partial charge in [0.05, 0.1) is 19.7 Å². The van der Waals surface area contributed by atoms with Gasteiger partial charge in [0.1, 0.15) is 22.6 Å². The molecule has 350 valence electrons. The molecule has 0 N–H and O–H groups in total. The van der Waals surface area contributed by atoms with Crippen LogP contribution in [0, 0.1) is 40.5 Å². The first kappa shape index (κ1) is 45.2. The number of nitrogens with zero attached hydrogens (tertiary/aromatic N) is 12. The Balaban J connectivity index is 1.57. The van der Waals surface area contributed by atoms with E-state index in [1.807, 2.05) is 0 Å². The summed E-state index contributed by atoms with van der Waals surface area (Å²) in [4.78, 5) is 79.2. The van der Waals surface area contributed by atoms with E-state index in [2.05, 4.69) is 41.5 Å². The quantitative estimate of drug-likeness (QED) is 0.0567. The Hall–Kier alpha value is -7.59. The van der Waals surface area contributed by atoms with Gasteiger partial charge in [-0.15, -0.1) is 0 Å². The van der Waals surface area contributed by atoms with Crippen LogP contribution in [-0.2, 0) is 8.23 Å². The second-order valence-corrected chi connectivity index (χ2v) is 29.7. The van der Waals surface area contributed by atoms with E-state index in [0.29, 0.717) is 58.2 Å². The average Bonchev–Trinajstić information content (AvgIpc) is 4.06. The highest BCUT2D eigenvalue weighted by molar-refractivity contribution is 6.89. The van der Waals surface area contributed by atoms with Crippen molar-refractivity contribution in [1.82, 2.24) is 8.47 Å². The summed E-state index contributed by atoms with van der Waals surface area (Å²) in [6.45, 7) is 12.4. The highest BCUT2D eigenvalue weighted by Crippen LogP contribution is 2.47. The molecule has 22 nitrogen and oxygen atoms in total. The molecule has 0 aliphatic carbocycles. The van der Waals surface area contributed by atoms with Crippen molar-refractivity contribution >= 4 is 105 Å². The number of fused-ring (bicyclic) bond motifs is 14. The van der Waals surface area contributed by atoms with Gasteiger partial charge in [0.25, 0.3) is 22.7 Å². The van der Waals surface area contributed by atoms with Crippen molar-refractivity contribution in [3.8, 4) is 0 Å². The fourth-order valence-corrected chi connectivity index (χ4v) is 24.7. The molecule has 0 amide bonds. The van der Waals surface area contributed by atoms with Crippen LogP contribution in [0.4, 0.5) is 34.4 Å². The minimum atomic E-state index is -4.86. The number of nitro groups is 4. The summed E-state index contributed by atoms with van der Waals surface area (Å²) in [7, 11) is -10.9. The van der Waals surface area contributed by atoms with E-state index in [9.17, 15) is 40.5 Å². The van der Waals surface area contributed by atoms with Gasteiger partial charge < -0.3 is 8.23 Å². The van der Waals surface area contributed by atoms with Gasteiger partial charge in [-0.1, -0.05) is 41.5 Å². The minimum Gasteiger partial charge on any atom is -0.404 e. The predicted molar refractivity (Wildman–Crippen MR) is 264 cm³/mol. The molecule has 0 saturated carbocycles. The lowest BCUT2D eigenvalue weighted by molar-refractivity contribution is -0.385. The summed E-state index contributed by atoms with van der Waals surface area (Å²) < 4.78 is 20.0. The van der Waals surface area contributed by atoms with Crippen molar-refractivity contribution in [2.75, 3.05) is 0 Å². The zero-order chi connectivity index (χ0) is 48.9. The number of benzene rings is 4. The van der Waals surface area contributed by atoms with Crippen molar-refractivity contribution in [3.05, 3.63) is 146 Å². The zero-order valence-electron chi connectivity index (χ0n) is 38.1. The van der Waals surface area contributed by atoms with Crippen LogP contribution in [0.1, 0.15) is 63.8 Å². The molecule has 6 aromatic rings. The van der Waals surface area contributed by atoms with Gasteiger partial charge in [-0.05, 0) is 60.5 Å². The van der Waals surface area contributed by atoms with Crippen LogP contribution in [-0.4, -0.2) is 77.0 Å². The number of hydrogen-bond donors (Lipinski definition) is 0. The summed E-state index contributed by atoms with van der Waals surface area (Å²) in [5.41, 5.74) is 0.453. The van der Waals surface area contributed by atoms with Crippen molar-refractivity contribution in [2.45, 2.75) is 77.8 Å². The SMILES string of the molecule is CC[Si](CC)(CC)O[Si]1(O[Si](CC)(CC)CC)n2c3c4cc([N+](=O)[O-])ccc4c2/N=C2N=C(/N=c4/c5cc([N+](=O)[O-])ccc5/c(n41)=N/C1=NC(=N\3)/c3ccc([N+](=O)[O-])cc31)c1ccc([N+](=O)[O-])cc1\2. The molecule has 4 aromatic carbocycles. The van der Waals surface area contributed by atoms with Crippen molar-refractivity contribution < 1.29 is 27.9 Å². The first-order chi connectivity index (χ1) is 33.1. The molecular formula is C44H42N12O10Si3. The molecule has 0 fully saturated rings. The summed E-state index contributed by atoms with van der Waals surface area (Å²) >= 11 is 0. The van der Waals surface area contributed by atoms with Gasteiger partial charge in [-0.3, -0.25) is 48.9 Å². The fourth-order valence-electron chi connectivity index (χ4n) is 9.75. The van der Waals surface area contributed by atoms with Gasteiger partial charge in [-0.25, -0.2) is 30.0 Å². The van der Waals surface area contributed by atoms with E-state index < -0.39 is 45.2 Å². The van der Waals surface area contributed by atoms with Crippen LogP contribution in [0.3, 0.4) is 0 Å². The maximum atomic E-state index is 12.7. The molecule has 0 unspecified atom stereocenters. The van der Waals surface area contributed by atoms with Crippen LogP contribution < -0.4 is 11.0 Å². The monoisotopic (exact) mass is 982 g/mol. The lowest BCUT2D eigenvalue weighted by Gasteiger charge is -2.45. The molecule has 25 heteroatoms. The molecule has 10 rings (SSSR count). The van der Waals surface area contributed by atoms with Crippen molar-refractivity contribution in [1.29, 1.82) is 0 Å². The third kappa shape index (κ3) is 6.78. The average molecular weight is 983 g/mol. The van der Waals surface area contributed by atoms with Crippen LogP contribution in [0.25, 0.3) is 21.5 Å². The van der Waals surface area contributed by atoms with Gasteiger partial charge in [0, 0.05) is 92.3 Å². The summed E-state index contributed by atoms with van der Waals surface area (Å²) in [6.07, 6.45) is 0. The summed E-state index contributed by atoms with van der Waals surface area (Å²) in [6, 6.07) is 20.6. The maximum Gasteiger partial charge on any atom is 0.582 e. The maximum absolute atomic E-state index is 12.7. The number of nitro benzene ring substituents is 4. The molecule has 6 heterocycles. The molecule has 69 heavy (non-hydrogen) atoms. The van der Waals surface area contributed by atoms with Crippen LogP contribution in [0.15, 0.2) is 103 Å². The topological polar surface area (TPSA) is 275 Å². The van der Waals surface area contributed by atoms with Gasteiger partial charge in [-0.2, -0.15) is 0 Å². The summed E-state index contributed by atoms with van der Waals surface area (Å²) in [5, 5.41) is 51.3. The van der Waals surface area contributed by atoms with Crippen LogP contribution >= 0.6 is 0 Å². The first-order valence-electron chi connectivity index (χ1n) is 22.5. The van der Waals surface area contributed by atoms with E-state index in [4.69, 9.17) is 38.2 Å². The molecule has 0 saturated heterocycles. The standard InChI is InChI=1S/C44H42N12O10Si3/c1-7-67(8-2,9-3)65-69(66-68(10-4,11-5)12-6)51-42-31-19-15-27(55(61)62)23-35(31)43(51)47-37-29-17-13-25(53(57)58)21-33(29)39(45-37)49-41-32-20-16-28(56(63)64)24-36(32)44(52(41)69)48-38-30-18-14-26(54(59)60)22-34(30)40(46-38)50-42/h13-24H,7-12H2,1-6H3/b47-37-,47-43?,48-38?,48-44-,49-39?,49-41-,50-40-,50-42?. The second kappa shape index (κ2) is 16.3. The highest BCUT2D eigenvalue weighted by Gasteiger charge is 2.59. The molecule has 4 aliphatic rings. The normalized spacial score (nSPS) is 17.8. The number of aromatic nitrogens is 2. The first-order valence-corrected chi connectivity index (χ1v) is 29.3. The highest BCUT2D eigenvalue weighted by atomic mass is 28.5. The largest absolute Gasteiger partial charge is 0.582 e. The molecule has 0 spiro atoms. The third-order valence-electron chi connectivity index (χ3n) is 14.0. The molecular weight excluding hydrogens is 941 g/mol. The lowest BCUT2D eigenvalue weighted by Crippen LogP contribution is -2.71. The Morgan fingerprint density at radius 3 is 1.26 bits per heavy atom. The van der Waals surface area contributed by atoms with E-state index >= 15 is 0 Å². The predicted octanol–water partition coefficient (Wildman–Crippen LogP) is 9.05. The minimum absolute atomic E-state index is 0.0228. The Morgan fingerprint density at radius 2 is 0.797 bits per heavy atom. The number of non-ortho nitro benzene ring substituents is 4. The lowest BCUT2D eigenvalue weighted by atomic mass is 10.1. The van der Waals surface area contributed by atoms with Crippen molar-refractivity contribution in [2.24, 2.45) is 30.0 Å². The van der Waals surface area contributed by atoms with Crippen LogP contribution in [0.5, 0.6) is 0 Å². The number of aliphatic imine (C=N–C) groups is 4. The molecule has 6 bridgehead atoms. The van der Waals surface area contributed by atoms with E-state index in [-0.39, 0.29) is 90.6 Å². The Labute approximate surface area is 394 Å². The number of amidine groups is 4. The molecule has 2 aromatic heterocycles. The smallest absolute Gasteiger partial charge is 0.404 e. The second-order valence-electron chi connectivity index (χ2n) is 17.1. The van der Waals surface area contributed by atoms with Crippen molar-refractivity contribution in [3.63, 3.8) is 0 Å². The van der Waals surface area contributed by atoms with E-state index in [0.717, 1.165) is 0 Å². The van der Waals surface area contributed by atoms with Gasteiger partial charge in [0.2, 0.25) is 0 Å². The Morgan fingerprint density at radius 1 is 0.435 bits per heavy atom. The Bertz CT molecular complexity index is 3550. The Kier molecular flexibility index (Phi) is 10.7. The van der Waals surface area contributed by atoms with E-state index in [1.165, 1.54) is 60.7 Å². The zero-order valence-corrected chi connectivity index (χ0v) is 41.1. The summed E-state index contributed by atoms with van der Waals surface area (Å²) in [5.74, 6) is 0.425. The molecule has 4 aliphatic heterocycles. The van der Waals surface area contributed by atoms with E-state index in [1.54, 1.807) is 20.6 Å². The number of rotatable bonds is 14. The molecule has 0 radical (unpaired) electrons. The van der Waals surface area contributed by atoms with Gasteiger partial charge >= 0.3 is 8.88 Å². The fraction of sp³-hybridized carbons (Fsp3) is 0.273. The van der Waals surface area contributed by atoms with Gasteiger partial charge in [0.15, 0.2) is 40.0 Å². The van der Waals surface area contributed by atoms with Crippen LogP contribution in [0.2, 0.25) is 36.3 Å². The molecule has 0 atom stereocenters. The number of hydrogen-bond acceptors (Lipinski definition) is 16. The third-order valence-corrected chi connectivity index (χ3v) is 29.3.